The molecule has 6 nitrogen and oxygen atoms in total. The molecule has 1 unspecified atom stereocenters. The highest BCUT2D eigenvalue weighted by molar-refractivity contribution is 6.11. The van der Waals surface area contributed by atoms with Gasteiger partial charge in [-0.15, -0.1) is 0 Å². The van der Waals surface area contributed by atoms with Crippen molar-refractivity contribution < 1.29 is 14.4 Å². The summed E-state index contributed by atoms with van der Waals surface area (Å²) < 4.78 is 2.19. The second-order valence-corrected chi connectivity index (χ2v) is 8.07. The van der Waals surface area contributed by atoms with E-state index in [1.807, 2.05) is 51.1 Å². The largest absolute Gasteiger partial charge is 0.345 e. The minimum atomic E-state index is -1.16. The van der Waals surface area contributed by atoms with Crippen molar-refractivity contribution in [3.05, 3.63) is 58.4 Å². The maximum Gasteiger partial charge on any atom is 0.325 e. The van der Waals surface area contributed by atoms with E-state index in [-0.39, 0.29) is 12.3 Å². The highest BCUT2D eigenvalue weighted by Gasteiger charge is 2.50. The van der Waals surface area contributed by atoms with E-state index in [4.69, 9.17) is 0 Å². The van der Waals surface area contributed by atoms with Crippen molar-refractivity contribution in [3.8, 4) is 0 Å². The fraction of sp³-hybridized carbons (Fsp3) is 0.409. The molecule has 1 saturated heterocycles. The summed E-state index contributed by atoms with van der Waals surface area (Å²) in [5.74, 6) is -0.603. The van der Waals surface area contributed by atoms with Crippen molar-refractivity contribution in [3.63, 3.8) is 0 Å². The third-order valence-electron chi connectivity index (χ3n) is 5.96. The van der Waals surface area contributed by atoms with Crippen molar-refractivity contribution in [2.24, 2.45) is 0 Å². The number of nitrogens with one attached hydrogen (secondary N) is 1. The fourth-order valence-corrected chi connectivity index (χ4v) is 4.34. The standard InChI is InChI=1S/C22H25N3O3/c1-13-7-5-6-8-18(13)22(4)20(27)24(21(28)23-22)12-19(26)17-11-14(2)25(15(17)3)16-9-10-16/h5-8,11,16H,9-10,12H2,1-4H3,(H,23,28). The van der Waals surface area contributed by atoms with Crippen LogP contribution in [-0.4, -0.2) is 33.7 Å². The summed E-state index contributed by atoms with van der Waals surface area (Å²) in [6, 6.07) is 9.29. The Kier molecular flexibility index (Phi) is 4.17. The van der Waals surface area contributed by atoms with Crippen molar-refractivity contribution >= 4 is 17.7 Å². The van der Waals surface area contributed by atoms with Gasteiger partial charge in [-0.1, -0.05) is 24.3 Å². The van der Waals surface area contributed by atoms with Crippen LogP contribution >= 0.6 is 0 Å². The smallest absolute Gasteiger partial charge is 0.325 e. The van der Waals surface area contributed by atoms with Crippen LogP contribution in [0.2, 0.25) is 0 Å². The van der Waals surface area contributed by atoms with Gasteiger partial charge in [0.05, 0.1) is 6.54 Å². The fourth-order valence-electron chi connectivity index (χ4n) is 4.34. The van der Waals surface area contributed by atoms with Crippen LogP contribution in [-0.2, 0) is 10.3 Å². The van der Waals surface area contributed by atoms with Gasteiger partial charge in [0.25, 0.3) is 5.91 Å². The predicted molar refractivity (Wildman–Crippen MR) is 105 cm³/mol. The van der Waals surface area contributed by atoms with Crippen molar-refractivity contribution in [1.29, 1.82) is 0 Å². The van der Waals surface area contributed by atoms with Gasteiger partial charge in [-0.05, 0) is 57.7 Å². The monoisotopic (exact) mass is 379 g/mol. The molecule has 2 aliphatic rings. The molecule has 1 atom stereocenters. The van der Waals surface area contributed by atoms with Crippen LogP contribution < -0.4 is 5.32 Å². The Labute approximate surface area is 164 Å². The van der Waals surface area contributed by atoms with Gasteiger partial charge in [0, 0.05) is 23.0 Å². The molecule has 0 bridgehead atoms. The average molecular weight is 379 g/mol. The van der Waals surface area contributed by atoms with Crippen molar-refractivity contribution in [2.45, 2.75) is 52.1 Å². The zero-order chi connectivity index (χ0) is 20.2. The zero-order valence-corrected chi connectivity index (χ0v) is 16.7. The summed E-state index contributed by atoms with van der Waals surface area (Å²) in [4.78, 5) is 39.7. The van der Waals surface area contributed by atoms with Gasteiger partial charge in [-0.25, -0.2) is 4.79 Å². The Morgan fingerprint density at radius 2 is 1.86 bits per heavy atom. The minimum Gasteiger partial charge on any atom is -0.345 e. The second-order valence-electron chi connectivity index (χ2n) is 8.07. The van der Waals surface area contributed by atoms with E-state index in [1.165, 1.54) is 0 Å². The lowest BCUT2D eigenvalue weighted by atomic mass is 9.88. The van der Waals surface area contributed by atoms with Crippen molar-refractivity contribution in [2.75, 3.05) is 6.54 Å². The lowest BCUT2D eigenvalue weighted by molar-refractivity contribution is -0.130. The number of aryl methyl sites for hydroxylation is 2. The summed E-state index contributed by atoms with van der Waals surface area (Å²) in [7, 11) is 0. The number of aromatic nitrogens is 1. The Morgan fingerprint density at radius 1 is 1.18 bits per heavy atom. The van der Waals surface area contributed by atoms with Crippen LogP contribution in [0.15, 0.2) is 30.3 Å². The summed E-state index contributed by atoms with van der Waals surface area (Å²) in [6.45, 7) is 7.27. The number of benzene rings is 1. The van der Waals surface area contributed by atoms with Gasteiger partial charge in [0.2, 0.25) is 0 Å². The normalized spacial score (nSPS) is 21.9. The zero-order valence-electron chi connectivity index (χ0n) is 16.7. The molecule has 4 rings (SSSR count). The maximum atomic E-state index is 13.1. The lowest BCUT2D eigenvalue weighted by Crippen LogP contribution is -2.42. The van der Waals surface area contributed by atoms with E-state index in [1.54, 1.807) is 6.92 Å². The van der Waals surface area contributed by atoms with Gasteiger partial charge < -0.3 is 9.88 Å². The average Bonchev–Trinajstić information content (AvgIpc) is 3.39. The van der Waals surface area contributed by atoms with Gasteiger partial charge in [-0.3, -0.25) is 14.5 Å². The minimum absolute atomic E-state index is 0.211. The number of carbonyl (C=O) groups is 3. The first-order chi connectivity index (χ1) is 13.2. The molecule has 28 heavy (non-hydrogen) atoms. The first-order valence-electron chi connectivity index (χ1n) is 9.66. The molecular formula is C22H25N3O3. The van der Waals surface area contributed by atoms with Crippen LogP contribution in [0.5, 0.6) is 0 Å². The lowest BCUT2D eigenvalue weighted by Gasteiger charge is -2.24. The molecule has 2 aromatic rings. The topological polar surface area (TPSA) is 71.4 Å². The van der Waals surface area contributed by atoms with Crippen LogP contribution in [0, 0.1) is 20.8 Å². The highest BCUT2D eigenvalue weighted by atomic mass is 16.2. The molecule has 1 saturated carbocycles. The Hall–Kier alpha value is -2.89. The molecule has 1 N–H and O–H groups in total. The molecule has 146 valence electrons. The van der Waals surface area contributed by atoms with Gasteiger partial charge >= 0.3 is 6.03 Å². The van der Waals surface area contributed by atoms with E-state index in [2.05, 4.69) is 9.88 Å². The van der Waals surface area contributed by atoms with E-state index in [0.29, 0.717) is 11.6 Å². The number of rotatable bonds is 5. The summed E-state index contributed by atoms with van der Waals surface area (Å²) in [5, 5.41) is 2.78. The first kappa shape index (κ1) is 18.5. The molecular weight excluding hydrogens is 354 g/mol. The maximum absolute atomic E-state index is 13.1. The molecule has 1 aliphatic carbocycles. The van der Waals surface area contributed by atoms with E-state index < -0.39 is 17.5 Å². The molecule has 2 fully saturated rings. The van der Waals surface area contributed by atoms with E-state index >= 15 is 0 Å². The molecule has 1 aromatic heterocycles. The number of carbonyl (C=O) groups excluding carboxylic acids is 3. The quantitative estimate of drug-likeness (QED) is 0.639. The second kappa shape index (κ2) is 6.33. The number of ketones is 1. The van der Waals surface area contributed by atoms with Crippen molar-refractivity contribution in [1.82, 2.24) is 14.8 Å². The molecule has 2 heterocycles. The Morgan fingerprint density at radius 3 is 2.50 bits per heavy atom. The number of imide groups is 1. The van der Waals surface area contributed by atoms with Crippen LogP contribution in [0.25, 0.3) is 0 Å². The number of hydrogen-bond acceptors (Lipinski definition) is 3. The SMILES string of the molecule is Cc1ccccc1C1(C)NC(=O)N(CC(=O)c2cc(C)n(C3CC3)c2C)C1=O. The van der Waals surface area contributed by atoms with Crippen LogP contribution in [0.4, 0.5) is 4.79 Å². The summed E-state index contributed by atoms with van der Waals surface area (Å²) in [6.07, 6.45) is 2.26. The number of hydrogen-bond donors (Lipinski definition) is 1. The molecule has 0 radical (unpaired) electrons. The Balaban J connectivity index is 1.60. The van der Waals surface area contributed by atoms with Gasteiger partial charge in [0.15, 0.2) is 5.78 Å². The van der Waals surface area contributed by atoms with Crippen LogP contribution in [0.3, 0.4) is 0 Å². The van der Waals surface area contributed by atoms with E-state index in [0.717, 1.165) is 40.3 Å². The van der Waals surface area contributed by atoms with E-state index in [9.17, 15) is 14.4 Å². The molecule has 1 aliphatic heterocycles. The van der Waals surface area contributed by atoms with Gasteiger partial charge in [-0.2, -0.15) is 0 Å². The Bertz CT molecular complexity index is 1000. The summed E-state index contributed by atoms with van der Waals surface area (Å²) in [5.41, 5.74) is 3.06. The number of nitrogens with zero attached hydrogens (tertiary/aromatic N) is 2. The predicted octanol–water partition coefficient (Wildman–Crippen LogP) is 3.40. The number of Topliss-reactive ketones (excluding diaryl/α,β-unsaturated/α-hetero) is 1. The third kappa shape index (κ3) is 2.75. The third-order valence-corrected chi connectivity index (χ3v) is 5.96. The molecule has 3 amide bonds. The molecule has 6 heteroatoms. The number of amides is 3. The van der Waals surface area contributed by atoms with Crippen LogP contribution in [0.1, 0.15) is 58.7 Å². The number of urea groups is 1. The highest BCUT2D eigenvalue weighted by Crippen LogP contribution is 2.38. The first-order valence-corrected chi connectivity index (χ1v) is 9.66. The molecule has 0 spiro atoms. The van der Waals surface area contributed by atoms with Gasteiger partial charge in [0.1, 0.15) is 5.54 Å². The molecule has 1 aromatic carbocycles. The summed E-state index contributed by atoms with van der Waals surface area (Å²) >= 11 is 0.